The smallest absolute Gasteiger partial charge is 0.266 e. The van der Waals surface area contributed by atoms with Gasteiger partial charge in [-0.1, -0.05) is 49.2 Å². The molecule has 3 rings (SSSR count). The molecule has 31 heavy (non-hydrogen) atoms. The Kier molecular flexibility index (Phi) is 6.96. The molecule has 0 aromatic heterocycles. The fraction of sp³-hybridized carbons (Fsp3) is 0.478. The molecule has 2 aromatic rings. The Balaban J connectivity index is 1.59. The highest BCUT2D eigenvalue weighted by molar-refractivity contribution is 7.87. The highest BCUT2D eigenvalue weighted by Gasteiger charge is 2.41. The molecule has 0 aliphatic heterocycles. The van der Waals surface area contributed by atoms with E-state index in [0.29, 0.717) is 6.42 Å². The van der Waals surface area contributed by atoms with Gasteiger partial charge in [0.05, 0.1) is 23.0 Å². The minimum Gasteiger partial charge on any atom is -0.266 e. The van der Waals surface area contributed by atoms with Crippen molar-refractivity contribution in [2.75, 3.05) is 13.2 Å². The van der Waals surface area contributed by atoms with E-state index in [4.69, 9.17) is 8.37 Å². The molecule has 0 unspecified atom stereocenters. The maximum atomic E-state index is 12.5. The van der Waals surface area contributed by atoms with Crippen LogP contribution in [-0.2, 0) is 28.6 Å². The van der Waals surface area contributed by atoms with Crippen LogP contribution in [0.15, 0.2) is 58.3 Å². The van der Waals surface area contributed by atoms with Gasteiger partial charge in [0.1, 0.15) is 0 Å². The minimum absolute atomic E-state index is 0.00547. The standard InChI is InChI=1S/C23H30O6S2/c1-17-5-9-21(10-6-17)30(24,25)28-15-19-13-20(23(3,4)14-19)16-29-31(26,27)22-11-7-18(2)8-12-22/h5-12,19-20H,13-16H2,1-4H3/t19-,20-/m0/s1. The maximum absolute atomic E-state index is 12.5. The third kappa shape index (κ3) is 5.94. The zero-order chi connectivity index (χ0) is 22.9. The summed E-state index contributed by atoms with van der Waals surface area (Å²) < 4.78 is 60.6. The second-order valence-corrected chi connectivity index (χ2v) is 12.3. The molecule has 1 aliphatic carbocycles. The molecule has 0 bridgehead atoms. The summed E-state index contributed by atoms with van der Waals surface area (Å²) >= 11 is 0. The lowest BCUT2D eigenvalue weighted by Crippen LogP contribution is -2.24. The number of rotatable bonds is 8. The van der Waals surface area contributed by atoms with Crippen LogP contribution >= 0.6 is 0 Å². The highest BCUT2D eigenvalue weighted by Crippen LogP contribution is 2.46. The normalized spacial score (nSPS) is 21.3. The quantitative estimate of drug-likeness (QED) is 0.534. The van der Waals surface area contributed by atoms with Crippen LogP contribution < -0.4 is 0 Å². The summed E-state index contributed by atoms with van der Waals surface area (Å²) in [4.78, 5) is 0.275. The van der Waals surface area contributed by atoms with Crippen molar-refractivity contribution < 1.29 is 25.2 Å². The van der Waals surface area contributed by atoms with E-state index >= 15 is 0 Å². The monoisotopic (exact) mass is 466 g/mol. The van der Waals surface area contributed by atoms with Gasteiger partial charge in [0.2, 0.25) is 0 Å². The number of hydrogen-bond acceptors (Lipinski definition) is 6. The first-order valence-electron chi connectivity index (χ1n) is 10.3. The molecular weight excluding hydrogens is 436 g/mol. The Labute approximate surface area is 185 Å². The van der Waals surface area contributed by atoms with Gasteiger partial charge in [0.15, 0.2) is 0 Å². The first-order chi connectivity index (χ1) is 14.4. The molecule has 0 N–H and O–H groups in total. The van der Waals surface area contributed by atoms with E-state index in [0.717, 1.165) is 17.5 Å². The Hall–Kier alpha value is -1.74. The van der Waals surface area contributed by atoms with Gasteiger partial charge in [-0.05, 0) is 68.2 Å². The zero-order valence-electron chi connectivity index (χ0n) is 18.4. The molecule has 1 fully saturated rings. The van der Waals surface area contributed by atoms with Gasteiger partial charge < -0.3 is 0 Å². The highest BCUT2D eigenvalue weighted by atomic mass is 32.2. The Morgan fingerprint density at radius 3 is 1.65 bits per heavy atom. The lowest BCUT2D eigenvalue weighted by molar-refractivity contribution is 0.165. The predicted octanol–water partition coefficient (Wildman–Crippen LogP) is 4.47. The van der Waals surface area contributed by atoms with Crippen LogP contribution in [0.3, 0.4) is 0 Å². The van der Waals surface area contributed by atoms with E-state index in [9.17, 15) is 16.8 Å². The maximum Gasteiger partial charge on any atom is 0.296 e. The van der Waals surface area contributed by atoms with Crippen molar-refractivity contribution in [1.29, 1.82) is 0 Å². The molecule has 6 nitrogen and oxygen atoms in total. The first kappa shape index (κ1) is 23.9. The van der Waals surface area contributed by atoms with Crippen molar-refractivity contribution in [2.24, 2.45) is 17.3 Å². The summed E-state index contributed by atoms with van der Waals surface area (Å²) in [6, 6.07) is 13.1. The van der Waals surface area contributed by atoms with Crippen LogP contribution in [-0.4, -0.2) is 30.0 Å². The Morgan fingerprint density at radius 2 is 1.19 bits per heavy atom. The molecule has 1 saturated carbocycles. The number of benzene rings is 2. The van der Waals surface area contributed by atoms with Crippen molar-refractivity contribution in [3.05, 3.63) is 59.7 Å². The molecule has 2 atom stereocenters. The summed E-state index contributed by atoms with van der Waals surface area (Å²) in [7, 11) is -7.66. The van der Waals surface area contributed by atoms with Gasteiger partial charge in [-0.2, -0.15) is 16.8 Å². The van der Waals surface area contributed by atoms with Crippen molar-refractivity contribution in [3.63, 3.8) is 0 Å². The Bertz CT molecular complexity index is 1100. The third-order valence-corrected chi connectivity index (χ3v) is 8.63. The molecular formula is C23H30O6S2. The van der Waals surface area contributed by atoms with Gasteiger partial charge in [0.25, 0.3) is 20.2 Å². The average Bonchev–Trinajstić information content (AvgIpc) is 2.99. The van der Waals surface area contributed by atoms with Crippen molar-refractivity contribution in [2.45, 2.75) is 50.3 Å². The fourth-order valence-corrected chi connectivity index (χ4v) is 5.97. The van der Waals surface area contributed by atoms with Gasteiger partial charge in [0, 0.05) is 0 Å². The number of aryl methyl sites for hydroxylation is 2. The molecule has 1 aliphatic rings. The van der Waals surface area contributed by atoms with Gasteiger partial charge in [-0.15, -0.1) is 0 Å². The van der Waals surface area contributed by atoms with E-state index in [1.165, 1.54) is 24.3 Å². The van der Waals surface area contributed by atoms with Gasteiger partial charge in [-0.3, -0.25) is 8.37 Å². The molecule has 0 radical (unpaired) electrons. The van der Waals surface area contributed by atoms with Crippen LogP contribution in [0.5, 0.6) is 0 Å². The predicted molar refractivity (Wildman–Crippen MR) is 119 cm³/mol. The van der Waals surface area contributed by atoms with Crippen LogP contribution in [0.25, 0.3) is 0 Å². The lowest BCUT2D eigenvalue weighted by Gasteiger charge is -2.26. The molecule has 2 aromatic carbocycles. The second kappa shape index (κ2) is 9.02. The third-order valence-electron chi connectivity index (χ3n) is 6.04. The van der Waals surface area contributed by atoms with Crippen LogP contribution in [0.1, 0.15) is 37.8 Å². The SMILES string of the molecule is Cc1ccc(S(=O)(=O)OC[C@H]2C[C@@H](COS(=O)(=O)c3ccc(C)cc3)C(C)(C)C2)cc1. The molecule has 170 valence electrons. The number of hydrogen-bond donors (Lipinski definition) is 0. The molecule has 0 heterocycles. The summed E-state index contributed by atoms with van der Waals surface area (Å²) in [6.07, 6.45) is 1.37. The van der Waals surface area contributed by atoms with Gasteiger partial charge in [-0.25, -0.2) is 0 Å². The van der Waals surface area contributed by atoms with Crippen molar-refractivity contribution in [3.8, 4) is 0 Å². The summed E-state index contributed by atoms with van der Waals surface area (Å²) in [5.41, 5.74) is 1.75. The van der Waals surface area contributed by atoms with E-state index in [2.05, 4.69) is 0 Å². The van der Waals surface area contributed by atoms with E-state index in [1.807, 2.05) is 27.7 Å². The summed E-state index contributed by atoms with van der Waals surface area (Å²) in [5, 5.41) is 0. The Morgan fingerprint density at radius 1 is 0.774 bits per heavy atom. The minimum atomic E-state index is -3.83. The molecule has 8 heteroatoms. The van der Waals surface area contributed by atoms with Crippen LogP contribution in [0.2, 0.25) is 0 Å². The summed E-state index contributed by atoms with van der Waals surface area (Å²) in [5.74, 6) is -0.0192. The average molecular weight is 467 g/mol. The van der Waals surface area contributed by atoms with Crippen LogP contribution in [0, 0.1) is 31.1 Å². The van der Waals surface area contributed by atoms with Gasteiger partial charge >= 0.3 is 0 Å². The van der Waals surface area contributed by atoms with E-state index in [-0.39, 0.29) is 40.3 Å². The van der Waals surface area contributed by atoms with Crippen LogP contribution in [0.4, 0.5) is 0 Å². The fourth-order valence-electron chi connectivity index (χ4n) is 4.04. The molecule has 0 amide bonds. The second-order valence-electron chi connectivity index (χ2n) is 9.09. The van der Waals surface area contributed by atoms with E-state index in [1.54, 1.807) is 24.3 Å². The topological polar surface area (TPSA) is 86.7 Å². The zero-order valence-corrected chi connectivity index (χ0v) is 20.0. The largest absolute Gasteiger partial charge is 0.296 e. The van der Waals surface area contributed by atoms with Crippen molar-refractivity contribution >= 4 is 20.2 Å². The lowest BCUT2D eigenvalue weighted by atomic mass is 9.82. The van der Waals surface area contributed by atoms with E-state index < -0.39 is 20.2 Å². The molecule has 0 saturated heterocycles. The molecule has 0 spiro atoms. The van der Waals surface area contributed by atoms with Crippen molar-refractivity contribution in [1.82, 2.24) is 0 Å². The first-order valence-corrected chi connectivity index (χ1v) is 13.1. The summed E-state index contributed by atoms with van der Waals surface area (Å²) in [6.45, 7) is 8.01.